The van der Waals surface area contributed by atoms with Gasteiger partial charge in [-0.1, -0.05) is 19.1 Å². The third-order valence-corrected chi connectivity index (χ3v) is 5.07. The third kappa shape index (κ3) is 5.15. The zero-order valence-corrected chi connectivity index (χ0v) is 17.2. The molecule has 0 radical (unpaired) electrons. The van der Waals surface area contributed by atoms with Gasteiger partial charge in [0.05, 0.1) is 24.5 Å². The largest absolute Gasteiger partial charge is 0.378 e. The van der Waals surface area contributed by atoms with Crippen molar-refractivity contribution in [2.75, 3.05) is 49.6 Å². The number of nitrogens with one attached hydrogen (secondary N) is 1. The fourth-order valence-corrected chi connectivity index (χ4v) is 3.47. The summed E-state index contributed by atoms with van der Waals surface area (Å²) in [6.45, 7) is 8.40. The molecule has 6 heteroatoms. The quantitative estimate of drug-likeness (QED) is 0.777. The first kappa shape index (κ1) is 20.9. The van der Waals surface area contributed by atoms with E-state index in [1.54, 1.807) is 17.0 Å². The van der Waals surface area contributed by atoms with Crippen LogP contribution in [0.15, 0.2) is 48.5 Å². The molecule has 0 aliphatic carbocycles. The topological polar surface area (TPSA) is 61.9 Å². The SMILES string of the molecule is CCCN(CC)c1ccc(C(=O)Nc2ccccc2C(=O)N2CCOCC2)cc1. The van der Waals surface area contributed by atoms with Gasteiger partial charge in [0.2, 0.25) is 0 Å². The number of ether oxygens (including phenoxy) is 1. The van der Waals surface area contributed by atoms with Crippen molar-refractivity contribution < 1.29 is 14.3 Å². The lowest BCUT2D eigenvalue weighted by molar-refractivity contribution is 0.0303. The molecule has 2 aromatic carbocycles. The Labute approximate surface area is 172 Å². The van der Waals surface area contributed by atoms with Gasteiger partial charge in [0.25, 0.3) is 11.8 Å². The van der Waals surface area contributed by atoms with Crippen LogP contribution in [0.2, 0.25) is 0 Å². The molecule has 6 nitrogen and oxygen atoms in total. The molecule has 1 heterocycles. The lowest BCUT2D eigenvalue weighted by atomic mass is 10.1. The second-order valence-electron chi connectivity index (χ2n) is 7.03. The van der Waals surface area contributed by atoms with Gasteiger partial charge >= 0.3 is 0 Å². The van der Waals surface area contributed by atoms with E-state index in [0.717, 1.165) is 25.2 Å². The molecular weight excluding hydrogens is 366 g/mol. The number of morpholine rings is 1. The number of hydrogen-bond acceptors (Lipinski definition) is 4. The van der Waals surface area contributed by atoms with E-state index in [1.807, 2.05) is 36.4 Å². The Balaban J connectivity index is 1.73. The van der Waals surface area contributed by atoms with Crippen LogP contribution >= 0.6 is 0 Å². The van der Waals surface area contributed by atoms with Gasteiger partial charge in [-0.05, 0) is 49.7 Å². The van der Waals surface area contributed by atoms with E-state index in [2.05, 4.69) is 24.1 Å². The fourth-order valence-electron chi connectivity index (χ4n) is 3.47. The Morgan fingerprint density at radius 1 is 1.03 bits per heavy atom. The molecule has 0 bridgehead atoms. The number of nitrogens with zero attached hydrogens (tertiary/aromatic N) is 2. The predicted molar refractivity (Wildman–Crippen MR) is 116 cm³/mol. The standard InChI is InChI=1S/C23H29N3O3/c1-3-13-25(4-2)19-11-9-18(10-12-19)22(27)24-21-8-6-5-7-20(21)23(28)26-14-16-29-17-15-26/h5-12H,3-4,13-17H2,1-2H3,(H,24,27). The van der Waals surface area contributed by atoms with Crippen molar-refractivity contribution >= 4 is 23.2 Å². The highest BCUT2D eigenvalue weighted by molar-refractivity contribution is 6.09. The van der Waals surface area contributed by atoms with E-state index in [9.17, 15) is 9.59 Å². The van der Waals surface area contributed by atoms with E-state index < -0.39 is 0 Å². The van der Waals surface area contributed by atoms with Crippen LogP contribution in [-0.4, -0.2) is 56.1 Å². The second kappa shape index (κ2) is 10.1. The number of benzene rings is 2. The van der Waals surface area contributed by atoms with Gasteiger partial charge in [0.1, 0.15) is 0 Å². The number of para-hydroxylation sites is 1. The Morgan fingerprint density at radius 2 is 1.72 bits per heavy atom. The highest BCUT2D eigenvalue weighted by Crippen LogP contribution is 2.20. The summed E-state index contributed by atoms with van der Waals surface area (Å²) in [5.41, 5.74) is 2.70. The molecule has 1 aliphatic rings. The van der Waals surface area contributed by atoms with Gasteiger partial charge in [0, 0.05) is 37.4 Å². The number of rotatable bonds is 7. The van der Waals surface area contributed by atoms with Crippen LogP contribution in [0.4, 0.5) is 11.4 Å². The number of amides is 2. The molecule has 0 aromatic heterocycles. The highest BCUT2D eigenvalue weighted by Gasteiger charge is 2.21. The Morgan fingerprint density at radius 3 is 2.38 bits per heavy atom. The van der Waals surface area contributed by atoms with Crippen molar-refractivity contribution in [2.45, 2.75) is 20.3 Å². The minimum absolute atomic E-state index is 0.0855. The van der Waals surface area contributed by atoms with Crippen LogP contribution in [0.1, 0.15) is 41.0 Å². The van der Waals surface area contributed by atoms with Crippen LogP contribution in [0, 0.1) is 0 Å². The second-order valence-corrected chi connectivity index (χ2v) is 7.03. The summed E-state index contributed by atoms with van der Waals surface area (Å²) >= 11 is 0. The fraction of sp³-hybridized carbons (Fsp3) is 0.391. The zero-order valence-electron chi connectivity index (χ0n) is 17.2. The molecular formula is C23H29N3O3. The molecule has 1 N–H and O–H groups in total. The molecule has 3 rings (SSSR count). The van der Waals surface area contributed by atoms with Crippen LogP contribution in [0.5, 0.6) is 0 Å². The maximum atomic E-state index is 12.9. The molecule has 2 aromatic rings. The average Bonchev–Trinajstić information content (AvgIpc) is 2.78. The summed E-state index contributed by atoms with van der Waals surface area (Å²) in [6, 6.07) is 14.7. The van der Waals surface area contributed by atoms with E-state index in [0.29, 0.717) is 43.1 Å². The maximum absolute atomic E-state index is 12.9. The Hall–Kier alpha value is -2.86. The summed E-state index contributed by atoms with van der Waals surface area (Å²) in [5, 5.41) is 2.90. The lowest BCUT2D eigenvalue weighted by Gasteiger charge is -2.27. The van der Waals surface area contributed by atoms with Crippen LogP contribution < -0.4 is 10.2 Å². The molecule has 1 aliphatic heterocycles. The minimum Gasteiger partial charge on any atom is -0.378 e. The van der Waals surface area contributed by atoms with Crippen molar-refractivity contribution in [1.29, 1.82) is 0 Å². The van der Waals surface area contributed by atoms with Crippen molar-refractivity contribution in [1.82, 2.24) is 4.90 Å². The van der Waals surface area contributed by atoms with Crippen molar-refractivity contribution in [3.05, 3.63) is 59.7 Å². The van der Waals surface area contributed by atoms with Gasteiger partial charge in [-0.3, -0.25) is 9.59 Å². The molecule has 0 unspecified atom stereocenters. The van der Waals surface area contributed by atoms with E-state index in [4.69, 9.17) is 4.74 Å². The molecule has 0 spiro atoms. The van der Waals surface area contributed by atoms with Gasteiger partial charge in [0.15, 0.2) is 0 Å². The highest BCUT2D eigenvalue weighted by atomic mass is 16.5. The number of anilines is 2. The third-order valence-electron chi connectivity index (χ3n) is 5.07. The summed E-state index contributed by atoms with van der Waals surface area (Å²) < 4.78 is 5.32. The molecule has 1 saturated heterocycles. The van der Waals surface area contributed by atoms with Crippen LogP contribution in [0.25, 0.3) is 0 Å². The summed E-state index contributed by atoms with van der Waals surface area (Å²) in [7, 11) is 0. The molecule has 2 amide bonds. The van der Waals surface area contributed by atoms with Crippen LogP contribution in [0.3, 0.4) is 0 Å². The van der Waals surface area contributed by atoms with E-state index >= 15 is 0 Å². The summed E-state index contributed by atoms with van der Waals surface area (Å²) in [6.07, 6.45) is 1.07. The molecule has 29 heavy (non-hydrogen) atoms. The van der Waals surface area contributed by atoms with Crippen molar-refractivity contribution in [3.8, 4) is 0 Å². The average molecular weight is 396 g/mol. The smallest absolute Gasteiger partial charge is 0.256 e. The first-order chi connectivity index (χ1) is 14.1. The van der Waals surface area contributed by atoms with Crippen molar-refractivity contribution in [2.24, 2.45) is 0 Å². The number of carbonyl (C=O) groups excluding carboxylic acids is 2. The molecule has 0 atom stereocenters. The zero-order chi connectivity index (χ0) is 20.6. The first-order valence-electron chi connectivity index (χ1n) is 10.3. The van der Waals surface area contributed by atoms with Crippen molar-refractivity contribution in [3.63, 3.8) is 0 Å². The summed E-state index contributed by atoms with van der Waals surface area (Å²) in [5.74, 6) is -0.310. The summed E-state index contributed by atoms with van der Waals surface area (Å²) in [4.78, 5) is 29.7. The molecule has 1 fully saturated rings. The normalized spacial score (nSPS) is 13.8. The molecule has 154 valence electrons. The Bertz CT molecular complexity index is 830. The van der Waals surface area contributed by atoms with E-state index in [1.165, 1.54) is 0 Å². The van der Waals surface area contributed by atoms with Gasteiger partial charge in [-0.2, -0.15) is 0 Å². The predicted octanol–water partition coefficient (Wildman–Crippen LogP) is 3.65. The lowest BCUT2D eigenvalue weighted by Crippen LogP contribution is -2.41. The molecule has 0 saturated carbocycles. The first-order valence-corrected chi connectivity index (χ1v) is 10.3. The minimum atomic E-state index is -0.225. The van der Waals surface area contributed by atoms with Crippen LogP contribution in [-0.2, 0) is 4.74 Å². The monoisotopic (exact) mass is 395 g/mol. The maximum Gasteiger partial charge on any atom is 0.256 e. The van der Waals surface area contributed by atoms with Gasteiger partial charge in [-0.15, -0.1) is 0 Å². The number of hydrogen-bond donors (Lipinski definition) is 1. The number of carbonyl (C=O) groups is 2. The Kier molecular flexibility index (Phi) is 7.25. The van der Waals surface area contributed by atoms with Gasteiger partial charge < -0.3 is 19.9 Å². The van der Waals surface area contributed by atoms with Gasteiger partial charge in [-0.25, -0.2) is 0 Å². The van der Waals surface area contributed by atoms with E-state index in [-0.39, 0.29) is 11.8 Å².